The van der Waals surface area contributed by atoms with Gasteiger partial charge in [-0.2, -0.15) is 0 Å². The minimum absolute atomic E-state index is 0.0360. The smallest absolute Gasteiger partial charge is 0.295 e. The molecule has 3 aromatic rings. The van der Waals surface area contributed by atoms with Crippen molar-refractivity contribution in [1.29, 1.82) is 0 Å². The van der Waals surface area contributed by atoms with Crippen molar-refractivity contribution in [3.05, 3.63) is 106 Å². The van der Waals surface area contributed by atoms with Gasteiger partial charge in [-0.3, -0.25) is 9.59 Å². The molecule has 1 saturated heterocycles. The third-order valence-electron chi connectivity index (χ3n) is 5.15. The molecule has 1 N–H and O–H groups in total. The molecule has 1 unspecified atom stereocenters. The van der Waals surface area contributed by atoms with Gasteiger partial charge in [-0.1, -0.05) is 59.3 Å². The van der Waals surface area contributed by atoms with E-state index in [1.165, 1.54) is 4.90 Å². The normalized spacial score (nSPS) is 18.1. The van der Waals surface area contributed by atoms with Crippen LogP contribution < -0.4 is 10.1 Å². The summed E-state index contributed by atoms with van der Waals surface area (Å²) in [5, 5.41) is 13.8. The van der Waals surface area contributed by atoms with Crippen molar-refractivity contribution in [3.63, 3.8) is 0 Å². The number of hydrogen-bond acceptors (Lipinski definition) is 3. The van der Waals surface area contributed by atoms with E-state index in [0.29, 0.717) is 16.1 Å². The predicted molar refractivity (Wildman–Crippen MR) is 111 cm³/mol. The van der Waals surface area contributed by atoms with Crippen molar-refractivity contribution in [2.24, 2.45) is 0 Å². The van der Waals surface area contributed by atoms with Crippen molar-refractivity contribution >= 4 is 29.1 Å². The van der Waals surface area contributed by atoms with Gasteiger partial charge in [0.25, 0.3) is 5.91 Å². The molecule has 1 atom stereocenters. The van der Waals surface area contributed by atoms with E-state index in [2.05, 4.69) is 4.98 Å². The first-order chi connectivity index (χ1) is 14.5. The van der Waals surface area contributed by atoms with E-state index < -0.39 is 23.5 Å². The number of Topliss-reactive ketones (excluding diaryl/α,β-unsaturated/α-hetero) is 1. The Morgan fingerprint density at radius 3 is 2.40 bits per heavy atom. The van der Waals surface area contributed by atoms with Crippen LogP contribution in [0.1, 0.15) is 28.3 Å². The molecular formula is C24H19ClN2O3. The Kier molecular flexibility index (Phi) is 5.38. The van der Waals surface area contributed by atoms with Crippen LogP contribution in [0.25, 0.3) is 5.76 Å². The number of aryl methyl sites for hydroxylation is 1. The van der Waals surface area contributed by atoms with Crippen LogP contribution >= 0.6 is 11.6 Å². The minimum Gasteiger partial charge on any atom is -0.872 e. The molecule has 4 rings (SSSR count). The molecule has 6 heteroatoms. The van der Waals surface area contributed by atoms with Gasteiger partial charge in [0.15, 0.2) is 12.4 Å². The summed E-state index contributed by atoms with van der Waals surface area (Å²) in [7, 11) is 0. The first-order valence-corrected chi connectivity index (χ1v) is 9.87. The van der Waals surface area contributed by atoms with Gasteiger partial charge in [0.2, 0.25) is 5.78 Å². The van der Waals surface area contributed by atoms with Crippen LogP contribution in [0.15, 0.2) is 78.6 Å². The summed E-state index contributed by atoms with van der Waals surface area (Å²) in [6.07, 6.45) is 3.52. The van der Waals surface area contributed by atoms with Crippen LogP contribution in [-0.2, 0) is 16.1 Å². The van der Waals surface area contributed by atoms with E-state index in [1.807, 2.05) is 31.2 Å². The highest BCUT2D eigenvalue weighted by Crippen LogP contribution is 2.39. The van der Waals surface area contributed by atoms with E-state index in [0.717, 1.165) is 11.1 Å². The number of amides is 1. The Balaban J connectivity index is 1.85. The molecule has 0 spiro atoms. The third-order valence-corrected chi connectivity index (χ3v) is 5.41. The van der Waals surface area contributed by atoms with Gasteiger partial charge in [-0.05, 0) is 36.2 Å². The Labute approximate surface area is 179 Å². The number of aromatic nitrogens is 1. The number of carbonyl (C=O) groups excluding carboxylic acids is 2. The van der Waals surface area contributed by atoms with Crippen molar-refractivity contribution in [1.82, 2.24) is 4.90 Å². The topological polar surface area (TPSA) is 74.6 Å². The molecule has 5 nitrogen and oxygen atoms in total. The average Bonchev–Trinajstić information content (AvgIpc) is 3.00. The molecule has 1 aliphatic rings. The molecule has 0 radical (unpaired) electrons. The second kappa shape index (κ2) is 8.13. The highest BCUT2D eigenvalue weighted by atomic mass is 35.5. The number of nitrogens with zero attached hydrogens (tertiary/aromatic N) is 1. The zero-order valence-corrected chi connectivity index (χ0v) is 17.0. The molecule has 30 heavy (non-hydrogen) atoms. The zero-order chi connectivity index (χ0) is 21.3. The molecule has 150 valence electrons. The van der Waals surface area contributed by atoms with Crippen LogP contribution in [0.3, 0.4) is 0 Å². The van der Waals surface area contributed by atoms with Gasteiger partial charge >= 0.3 is 0 Å². The second-order valence-electron chi connectivity index (χ2n) is 7.24. The Bertz CT molecular complexity index is 1120. The minimum atomic E-state index is -0.781. The molecular weight excluding hydrogens is 400 g/mol. The molecule has 1 aromatic heterocycles. The maximum Gasteiger partial charge on any atom is 0.295 e. The molecule has 1 amide bonds. The quantitative estimate of drug-likeness (QED) is 0.371. The van der Waals surface area contributed by atoms with Gasteiger partial charge in [-0.25, -0.2) is 4.98 Å². The number of nitrogens with one attached hydrogen (secondary N) is 1. The highest BCUT2D eigenvalue weighted by molar-refractivity contribution is 6.46. The number of rotatable bonds is 4. The van der Waals surface area contributed by atoms with E-state index >= 15 is 0 Å². The summed E-state index contributed by atoms with van der Waals surface area (Å²) >= 11 is 6.03. The number of halogens is 1. The summed E-state index contributed by atoms with van der Waals surface area (Å²) in [6, 6.07) is 16.7. The number of aromatic amines is 1. The Morgan fingerprint density at radius 2 is 1.77 bits per heavy atom. The number of likely N-dealkylation sites (tertiary alicyclic amines) is 1. The maximum absolute atomic E-state index is 13.3. The predicted octanol–water partition coefficient (Wildman–Crippen LogP) is 2.89. The maximum atomic E-state index is 13.3. The van der Waals surface area contributed by atoms with Crippen molar-refractivity contribution in [2.75, 3.05) is 0 Å². The third kappa shape index (κ3) is 3.72. The summed E-state index contributed by atoms with van der Waals surface area (Å²) in [4.78, 5) is 30.3. The second-order valence-corrected chi connectivity index (χ2v) is 7.67. The van der Waals surface area contributed by atoms with Gasteiger partial charge in [0.1, 0.15) is 0 Å². The molecule has 2 aromatic carbocycles. The SMILES string of the molecule is Cc1ccc(/C([O-])=C2\C(=O)C(=O)N(Cc3ccc[nH+]c3)C2c2ccc(Cl)cc2)cc1. The lowest BCUT2D eigenvalue weighted by molar-refractivity contribution is -0.378. The first kappa shape index (κ1) is 19.9. The Hall–Kier alpha value is -3.44. The summed E-state index contributed by atoms with van der Waals surface area (Å²) in [6.45, 7) is 2.11. The lowest BCUT2D eigenvalue weighted by atomic mass is 9.95. The van der Waals surface area contributed by atoms with Crippen LogP contribution in [0, 0.1) is 6.92 Å². The van der Waals surface area contributed by atoms with Crippen LogP contribution in [-0.4, -0.2) is 16.6 Å². The van der Waals surface area contributed by atoms with Crippen molar-refractivity contribution in [3.8, 4) is 0 Å². The number of benzene rings is 2. The van der Waals surface area contributed by atoms with Crippen molar-refractivity contribution < 1.29 is 19.7 Å². The fourth-order valence-electron chi connectivity index (χ4n) is 3.61. The number of pyridine rings is 1. The molecule has 0 bridgehead atoms. The Morgan fingerprint density at radius 1 is 1.07 bits per heavy atom. The van der Waals surface area contributed by atoms with Crippen LogP contribution in [0.5, 0.6) is 0 Å². The van der Waals surface area contributed by atoms with Crippen LogP contribution in [0.2, 0.25) is 5.02 Å². The van der Waals surface area contributed by atoms with Gasteiger partial charge in [-0.15, -0.1) is 0 Å². The molecule has 0 aliphatic carbocycles. The monoisotopic (exact) mass is 418 g/mol. The summed E-state index contributed by atoms with van der Waals surface area (Å²) in [5.41, 5.74) is 2.83. The van der Waals surface area contributed by atoms with Gasteiger partial charge < -0.3 is 10.0 Å². The molecule has 1 fully saturated rings. The van der Waals surface area contributed by atoms with Crippen LogP contribution in [0.4, 0.5) is 0 Å². The molecule has 0 saturated carbocycles. The number of H-pyrrole nitrogens is 1. The van der Waals surface area contributed by atoms with E-state index in [4.69, 9.17) is 11.6 Å². The average molecular weight is 419 g/mol. The summed E-state index contributed by atoms with van der Waals surface area (Å²) < 4.78 is 0. The van der Waals surface area contributed by atoms with E-state index in [-0.39, 0.29) is 12.1 Å². The number of ketones is 1. The number of hydrogen-bond donors (Lipinski definition) is 0. The highest BCUT2D eigenvalue weighted by Gasteiger charge is 2.44. The zero-order valence-electron chi connectivity index (χ0n) is 16.3. The fraction of sp³-hybridized carbons (Fsp3) is 0.125. The lowest BCUT2D eigenvalue weighted by Crippen LogP contribution is -2.29. The van der Waals surface area contributed by atoms with E-state index in [9.17, 15) is 14.7 Å². The van der Waals surface area contributed by atoms with Gasteiger partial charge in [0, 0.05) is 22.2 Å². The summed E-state index contributed by atoms with van der Waals surface area (Å²) in [5.74, 6) is -1.88. The molecule has 1 aliphatic heterocycles. The lowest BCUT2D eigenvalue weighted by Gasteiger charge is -2.27. The standard InChI is InChI=1S/C24H19ClN2O3/c1-15-4-6-18(7-5-15)22(28)20-21(17-8-10-19(25)11-9-17)27(24(30)23(20)29)14-16-3-2-12-26-13-16/h2-13,21,28H,14H2,1H3/b22-20+. The van der Waals surface area contributed by atoms with Gasteiger partial charge in [0.05, 0.1) is 12.6 Å². The molecule has 2 heterocycles. The van der Waals surface area contributed by atoms with E-state index in [1.54, 1.807) is 48.8 Å². The number of carbonyl (C=O) groups is 2. The fourth-order valence-corrected chi connectivity index (χ4v) is 3.74. The van der Waals surface area contributed by atoms with Crippen molar-refractivity contribution in [2.45, 2.75) is 19.5 Å². The first-order valence-electron chi connectivity index (χ1n) is 9.49. The largest absolute Gasteiger partial charge is 0.872 e.